The van der Waals surface area contributed by atoms with Crippen molar-refractivity contribution in [1.29, 1.82) is 0 Å². The Bertz CT molecular complexity index is 345. The summed E-state index contributed by atoms with van der Waals surface area (Å²) in [6.07, 6.45) is 5.29. The van der Waals surface area contributed by atoms with Gasteiger partial charge in [-0.3, -0.25) is 9.58 Å². The van der Waals surface area contributed by atoms with E-state index in [1.807, 2.05) is 17.9 Å². The summed E-state index contributed by atoms with van der Waals surface area (Å²) >= 11 is 0. The molecule has 0 aliphatic carbocycles. The third-order valence-corrected chi connectivity index (χ3v) is 3.75. The number of aromatic nitrogens is 2. The fourth-order valence-corrected chi connectivity index (χ4v) is 2.46. The molecule has 0 aromatic carbocycles. The van der Waals surface area contributed by atoms with Crippen molar-refractivity contribution in [2.75, 3.05) is 13.1 Å². The van der Waals surface area contributed by atoms with Crippen molar-refractivity contribution in [3.05, 3.63) is 18.0 Å². The highest BCUT2D eigenvalue weighted by molar-refractivity contribution is 5.10. The molecule has 1 aliphatic heterocycles. The Kier molecular flexibility index (Phi) is 3.30. The summed E-state index contributed by atoms with van der Waals surface area (Å²) in [6.45, 7) is 6.64. The zero-order valence-electron chi connectivity index (χ0n) is 10.4. The lowest BCUT2D eigenvalue weighted by atomic mass is 10.0. The molecule has 1 saturated heterocycles. The molecule has 90 valence electrons. The van der Waals surface area contributed by atoms with Crippen LogP contribution in [0.2, 0.25) is 0 Å². The van der Waals surface area contributed by atoms with Gasteiger partial charge in [-0.05, 0) is 32.7 Å². The minimum atomic E-state index is 0.311. The predicted molar refractivity (Wildman–Crippen MR) is 65.0 cm³/mol. The first-order valence-corrected chi connectivity index (χ1v) is 6.06. The minimum Gasteiger partial charge on any atom is -0.328 e. The van der Waals surface area contributed by atoms with Crippen LogP contribution in [0.25, 0.3) is 0 Å². The van der Waals surface area contributed by atoms with Gasteiger partial charge in [0, 0.05) is 37.4 Å². The Labute approximate surface area is 97.4 Å². The molecule has 0 amide bonds. The molecule has 0 bridgehead atoms. The maximum atomic E-state index is 5.96. The van der Waals surface area contributed by atoms with Gasteiger partial charge in [0.2, 0.25) is 0 Å². The van der Waals surface area contributed by atoms with Crippen LogP contribution in [0.15, 0.2) is 12.4 Å². The van der Waals surface area contributed by atoms with E-state index < -0.39 is 0 Å². The van der Waals surface area contributed by atoms with E-state index in [-0.39, 0.29) is 0 Å². The van der Waals surface area contributed by atoms with Crippen molar-refractivity contribution < 1.29 is 0 Å². The maximum absolute atomic E-state index is 5.96. The average molecular weight is 222 g/mol. The van der Waals surface area contributed by atoms with Gasteiger partial charge < -0.3 is 5.73 Å². The molecule has 0 saturated carbocycles. The van der Waals surface area contributed by atoms with Crippen LogP contribution in [0, 0.1) is 5.92 Å². The summed E-state index contributed by atoms with van der Waals surface area (Å²) in [5.41, 5.74) is 7.26. The van der Waals surface area contributed by atoms with Crippen LogP contribution in [0.5, 0.6) is 0 Å². The predicted octanol–water partition coefficient (Wildman–Crippen LogP) is 1.15. The van der Waals surface area contributed by atoms with Gasteiger partial charge in [0.05, 0.1) is 6.20 Å². The molecule has 1 aromatic rings. The van der Waals surface area contributed by atoms with E-state index >= 15 is 0 Å². The number of likely N-dealkylation sites (tertiary alicyclic amines) is 1. The largest absolute Gasteiger partial charge is 0.328 e. The number of aryl methyl sites for hydroxylation is 1. The van der Waals surface area contributed by atoms with Gasteiger partial charge in [-0.25, -0.2) is 0 Å². The minimum absolute atomic E-state index is 0.311. The van der Waals surface area contributed by atoms with Gasteiger partial charge in [-0.1, -0.05) is 0 Å². The topological polar surface area (TPSA) is 47.1 Å². The molecule has 3 unspecified atom stereocenters. The molecule has 3 atom stereocenters. The molecule has 0 radical (unpaired) electrons. The average Bonchev–Trinajstić information content (AvgIpc) is 2.84. The van der Waals surface area contributed by atoms with Gasteiger partial charge in [0.15, 0.2) is 0 Å². The first-order chi connectivity index (χ1) is 7.58. The molecule has 0 spiro atoms. The van der Waals surface area contributed by atoms with Gasteiger partial charge in [-0.2, -0.15) is 5.10 Å². The molecule has 1 fully saturated rings. The lowest BCUT2D eigenvalue weighted by Gasteiger charge is -2.24. The van der Waals surface area contributed by atoms with Crippen molar-refractivity contribution in [2.45, 2.75) is 32.4 Å². The normalized spacial score (nSPS) is 25.9. The molecule has 4 heteroatoms. The number of nitrogens with zero attached hydrogens (tertiary/aromatic N) is 3. The van der Waals surface area contributed by atoms with E-state index in [1.165, 1.54) is 12.0 Å². The quantitative estimate of drug-likeness (QED) is 0.834. The second-order valence-electron chi connectivity index (χ2n) is 5.03. The van der Waals surface area contributed by atoms with Crippen molar-refractivity contribution in [3.63, 3.8) is 0 Å². The Hall–Kier alpha value is -0.870. The lowest BCUT2D eigenvalue weighted by molar-refractivity contribution is 0.248. The van der Waals surface area contributed by atoms with E-state index in [0.717, 1.165) is 13.1 Å². The Morgan fingerprint density at radius 2 is 2.25 bits per heavy atom. The number of nitrogens with two attached hydrogens (primary N) is 1. The Morgan fingerprint density at radius 3 is 2.75 bits per heavy atom. The third-order valence-electron chi connectivity index (χ3n) is 3.75. The van der Waals surface area contributed by atoms with E-state index in [2.05, 4.69) is 30.0 Å². The second-order valence-corrected chi connectivity index (χ2v) is 5.03. The molecule has 16 heavy (non-hydrogen) atoms. The van der Waals surface area contributed by atoms with Gasteiger partial charge in [0.25, 0.3) is 0 Å². The highest BCUT2D eigenvalue weighted by Gasteiger charge is 2.28. The summed E-state index contributed by atoms with van der Waals surface area (Å²) < 4.78 is 1.87. The van der Waals surface area contributed by atoms with Gasteiger partial charge in [0.1, 0.15) is 0 Å². The molecular weight excluding hydrogens is 200 g/mol. The highest BCUT2D eigenvalue weighted by atomic mass is 15.3. The zero-order valence-corrected chi connectivity index (χ0v) is 10.4. The van der Waals surface area contributed by atoms with Crippen LogP contribution in [-0.2, 0) is 7.05 Å². The molecule has 1 aromatic heterocycles. The molecule has 1 aliphatic rings. The molecule has 2 rings (SSSR count). The van der Waals surface area contributed by atoms with E-state index in [0.29, 0.717) is 18.0 Å². The number of rotatable bonds is 3. The second kappa shape index (κ2) is 4.55. The molecule has 4 nitrogen and oxygen atoms in total. The van der Waals surface area contributed by atoms with Gasteiger partial charge in [-0.15, -0.1) is 0 Å². The summed E-state index contributed by atoms with van der Waals surface area (Å²) in [6, 6.07) is 0.767. The van der Waals surface area contributed by atoms with Crippen molar-refractivity contribution >= 4 is 0 Å². The Balaban J connectivity index is 1.99. The zero-order chi connectivity index (χ0) is 11.7. The molecular formula is C12H22N4. The lowest BCUT2D eigenvalue weighted by Crippen LogP contribution is -2.30. The monoisotopic (exact) mass is 222 g/mol. The van der Waals surface area contributed by atoms with Crippen LogP contribution in [-0.4, -0.2) is 33.8 Å². The highest BCUT2D eigenvalue weighted by Crippen LogP contribution is 2.27. The first kappa shape index (κ1) is 11.6. The fourth-order valence-electron chi connectivity index (χ4n) is 2.46. The number of hydrogen-bond acceptors (Lipinski definition) is 3. The first-order valence-electron chi connectivity index (χ1n) is 6.06. The smallest absolute Gasteiger partial charge is 0.0537 e. The van der Waals surface area contributed by atoms with Crippen LogP contribution in [0.4, 0.5) is 0 Å². The summed E-state index contributed by atoms with van der Waals surface area (Å²) in [4.78, 5) is 2.50. The maximum Gasteiger partial charge on any atom is 0.0537 e. The van der Waals surface area contributed by atoms with Crippen LogP contribution >= 0.6 is 0 Å². The van der Waals surface area contributed by atoms with E-state index in [1.54, 1.807) is 0 Å². The van der Waals surface area contributed by atoms with Crippen molar-refractivity contribution in [2.24, 2.45) is 18.7 Å². The Morgan fingerprint density at radius 1 is 1.50 bits per heavy atom. The fraction of sp³-hybridized carbons (Fsp3) is 0.750. The summed E-state index contributed by atoms with van der Waals surface area (Å²) in [5.74, 6) is 0.652. The summed E-state index contributed by atoms with van der Waals surface area (Å²) in [7, 11) is 1.96. The standard InChI is InChI=1S/C12H22N4/c1-9(13)11-4-5-16(8-11)10(2)12-6-14-15(3)7-12/h6-7,9-11H,4-5,8,13H2,1-3H3. The SMILES string of the molecule is CC(N)C1CCN(C(C)c2cnn(C)c2)C1. The van der Waals surface area contributed by atoms with Crippen molar-refractivity contribution in [1.82, 2.24) is 14.7 Å². The number of hydrogen-bond donors (Lipinski definition) is 1. The molecule has 2 N–H and O–H groups in total. The summed E-state index contributed by atoms with van der Waals surface area (Å²) in [5, 5.41) is 4.23. The van der Waals surface area contributed by atoms with Gasteiger partial charge >= 0.3 is 0 Å². The molecule has 2 heterocycles. The third kappa shape index (κ3) is 2.28. The van der Waals surface area contributed by atoms with Crippen molar-refractivity contribution in [3.8, 4) is 0 Å². The van der Waals surface area contributed by atoms with Crippen LogP contribution in [0.3, 0.4) is 0 Å². The van der Waals surface area contributed by atoms with Crippen LogP contribution in [0.1, 0.15) is 31.9 Å². The van der Waals surface area contributed by atoms with E-state index in [4.69, 9.17) is 5.73 Å². The van der Waals surface area contributed by atoms with E-state index in [9.17, 15) is 0 Å². The van der Waals surface area contributed by atoms with Crippen LogP contribution < -0.4 is 5.73 Å².